The second kappa shape index (κ2) is 6.73. The molecule has 0 aliphatic heterocycles. The van der Waals surface area contributed by atoms with Crippen molar-refractivity contribution in [2.75, 3.05) is 19.4 Å². The fourth-order valence-electron chi connectivity index (χ4n) is 1.55. The van der Waals surface area contributed by atoms with Gasteiger partial charge >= 0.3 is 0 Å². The maximum absolute atomic E-state index is 11.5. The van der Waals surface area contributed by atoms with Crippen molar-refractivity contribution < 1.29 is 13.2 Å². The van der Waals surface area contributed by atoms with Crippen LogP contribution < -0.4 is 10.1 Å². The van der Waals surface area contributed by atoms with Gasteiger partial charge in [0.05, 0.1) is 11.0 Å². The molecule has 5 nitrogen and oxygen atoms in total. The van der Waals surface area contributed by atoms with Crippen LogP contribution in [0, 0.1) is 11.3 Å². The van der Waals surface area contributed by atoms with Gasteiger partial charge in [0, 0.05) is 6.26 Å². The van der Waals surface area contributed by atoms with Gasteiger partial charge in [-0.05, 0) is 38.1 Å². The van der Waals surface area contributed by atoms with Crippen molar-refractivity contribution in [3.05, 3.63) is 24.3 Å². The van der Waals surface area contributed by atoms with E-state index in [1.54, 1.807) is 19.1 Å². The molecule has 6 heteroatoms. The van der Waals surface area contributed by atoms with Crippen LogP contribution in [-0.2, 0) is 9.84 Å². The number of sulfone groups is 1. The van der Waals surface area contributed by atoms with Gasteiger partial charge in [0.25, 0.3) is 0 Å². The molecule has 0 bridgehead atoms. The zero-order valence-electron chi connectivity index (χ0n) is 12.0. The van der Waals surface area contributed by atoms with Gasteiger partial charge in [-0.25, -0.2) is 8.42 Å². The number of hydrogen-bond acceptors (Lipinski definition) is 5. The zero-order valence-corrected chi connectivity index (χ0v) is 12.8. The van der Waals surface area contributed by atoms with Crippen LogP contribution in [0.1, 0.15) is 20.3 Å². The largest absolute Gasteiger partial charge is 0.491 e. The Morgan fingerprint density at radius 2 is 2.15 bits per heavy atom. The molecule has 0 spiro atoms. The maximum Gasteiger partial charge on any atom is 0.175 e. The highest BCUT2D eigenvalue weighted by atomic mass is 32.2. The Hall–Kier alpha value is -1.58. The topological polar surface area (TPSA) is 79.2 Å². The van der Waals surface area contributed by atoms with E-state index in [2.05, 4.69) is 11.4 Å². The third-order valence-corrected chi connectivity index (χ3v) is 3.88. The van der Waals surface area contributed by atoms with Crippen LogP contribution in [0.4, 0.5) is 0 Å². The van der Waals surface area contributed by atoms with Crippen LogP contribution in [-0.4, -0.2) is 33.4 Å². The van der Waals surface area contributed by atoms with Crippen LogP contribution in [0.15, 0.2) is 29.2 Å². The zero-order chi connectivity index (χ0) is 15.2. The van der Waals surface area contributed by atoms with Gasteiger partial charge in [0.2, 0.25) is 0 Å². The van der Waals surface area contributed by atoms with Crippen molar-refractivity contribution in [2.24, 2.45) is 0 Å². The Morgan fingerprint density at radius 1 is 1.45 bits per heavy atom. The molecule has 0 aliphatic carbocycles. The molecule has 0 aliphatic rings. The highest BCUT2D eigenvalue weighted by molar-refractivity contribution is 7.90. The molecule has 1 rings (SSSR count). The molecular formula is C14H20N2O3S. The molecule has 1 N–H and O–H groups in total. The molecule has 0 radical (unpaired) electrons. The van der Waals surface area contributed by atoms with Crippen LogP contribution >= 0.6 is 0 Å². The first-order valence-corrected chi connectivity index (χ1v) is 8.29. The lowest BCUT2D eigenvalue weighted by molar-refractivity contribution is 0.234. The van der Waals surface area contributed by atoms with Crippen molar-refractivity contribution in [3.63, 3.8) is 0 Å². The van der Waals surface area contributed by atoms with Crippen molar-refractivity contribution in [3.8, 4) is 11.8 Å². The van der Waals surface area contributed by atoms with Crippen molar-refractivity contribution in [1.29, 1.82) is 5.26 Å². The fraction of sp³-hybridized carbons (Fsp3) is 0.500. The first-order chi connectivity index (χ1) is 9.30. The molecular weight excluding hydrogens is 276 g/mol. The number of nitrogens with zero attached hydrogens (tertiary/aromatic N) is 1. The number of hydrogen-bond donors (Lipinski definition) is 1. The number of benzene rings is 1. The summed E-state index contributed by atoms with van der Waals surface area (Å²) in [6.45, 7) is 4.64. The Bertz CT molecular complexity index is 593. The maximum atomic E-state index is 11.5. The fourth-order valence-corrected chi connectivity index (χ4v) is 2.20. The Balaban J connectivity index is 2.77. The van der Waals surface area contributed by atoms with Gasteiger partial charge in [-0.1, -0.05) is 13.0 Å². The number of rotatable bonds is 7. The van der Waals surface area contributed by atoms with E-state index >= 15 is 0 Å². The smallest absolute Gasteiger partial charge is 0.175 e. The van der Waals surface area contributed by atoms with Gasteiger partial charge in [-0.2, -0.15) is 5.26 Å². The second-order valence-corrected chi connectivity index (χ2v) is 6.92. The number of ether oxygens (including phenoxy) is 1. The third kappa shape index (κ3) is 4.83. The van der Waals surface area contributed by atoms with E-state index < -0.39 is 15.4 Å². The summed E-state index contributed by atoms with van der Waals surface area (Å²) in [5, 5.41) is 12.3. The van der Waals surface area contributed by atoms with Crippen molar-refractivity contribution in [1.82, 2.24) is 5.32 Å². The second-order valence-electron chi connectivity index (χ2n) is 4.91. The third-order valence-electron chi connectivity index (χ3n) is 2.77. The lowest BCUT2D eigenvalue weighted by Gasteiger charge is -2.23. The van der Waals surface area contributed by atoms with E-state index in [-0.39, 0.29) is 11.5 Å². The molecule has 1 unspecified atom stereocenters. The summed E-state index contributed by atoms with van der Waals surface area (Å²) in [6.07, 6.45) is 2.06. The summed E-state index contributed by atoms with van der Waals surface area (Å²) in [5.41, 5.74) is -0.795. The Kier molecular flexibility index (Phi) is 5.54. The summed E-state index contributed by atoms with van der Waals surface area (Å²) < 4.78 is 28.5. The van der Waals surface area contributed by atoms with Gasteiger partial charge in [0.15, 0.2) is 9.84 Å². The van der Waals surface area contributed by atoms with Crippen LogP contribution in [0.3, 0.4) is 0 Å². The van der Waals surface area contributed by atoms with Crippen LogP contribution in [0.25, 0.3) is 0 Å². The molecule has 0 saturated heterocycles. The minimum absolute atomic E-state index is 0.150. The van der Waals surface area contributed by atoms with Gasteiger partial charge < -0.3 is 4.74 Å². The highest BCUT2D eigenvalue weighted by Gasteiger charge is 2.23. The lowest BCUT2D eigenvalue weighted by Crippen LogP contribution is -2.46. The van der Waals surface area contributed by atoms with Crippen LogP contribution in [0.2, 0.25) is 0 Å². The molecule has 1 aromatic rings. The van der Waals surface area contributed by atoms with Crippen LogP contribution in [0.5, 0.6) is 5.75 Å². The molecule has 0 aromatic heterocycles. The van der Waals surface area contributed by atoms with Crippen molar-refractivity contribution >= 4 is 9.84 Å². The number of nitrogens with one attached hydrogen (secondary N) is 1. The van der Waals surface area contributed by atoms with E-state index in [1.165, 1.54) is 12.1 Å². The molecule has 1 atom stereocenters. The standard InChI is InChI=1S/C14H20N2O3S/c1-4-8-16-14(2,10-15)11-19-12-6-5-7-13(9-12)20(3,17)18/h5-7,9,16H,4,8,11H2,1-3H3. The summed E-state index contributed by atoms with van der Waals surface area (Å²) in [6, 6.07) is 8.45. The van der Waals surface area contributed by atoms with E-state index in [4.69, 9.17) is 4.74 Å². The van der Waals surface area contributed by atoms with E-state index in [0.717, 1.165) is 19.2 Å². The first-order valence-electron chi connectivity index (χ1n) is 6.40. The predicted octanol–water partition coefficient (Wildman–Crippen LogP) is 1.75. The molecule has 0 fully saturated rings. The summed E-state index contributed by atoms with van der Waals surface area (Å²) in [5.74, 6) is 0.438. The number of nitriles is 1. The molecule has 0 saturated carbocycles. The van der Waals surface area contributed by atoms with Gasteiger partial charge in [-0.15, -0.1) is 0 Å². The minimum atomic E-state index is -3.26. The quantitative estimate of drug-likeness (QED) is 0.829. The SMILES string of the molecule is CCCNC(C)(C#N)COc1cccc(S(C)(=O)=O)c1. The van der Waals surface area contributed by atoms with Gasteiger partial charge in [-0.3, -0.25) is 5.32 Å². The monoisotopic (exact) mass is 296 g/mol. The minimum Gasteiger partial charge on any atom is -0.491 e. The molecule has 0 heterocycles. The molecule has 1 aromatic carbocycles. The summed E-state index contributed by atoms with van der Waals surface area (Å²) >= 11 is 0. The molecule has 0 amide bonds. The average molecular weight is 296 g/mol. The summed E-state index contributed by atoms with van der Waals surface area (Å²) in [4.78, 5) is 0.204. The lowest BCUT2D eigenvalue weighted by atomic mass is 10.1. The van der Waals surface area contributed by atoms with E-state index in [1.807, 2.05) is 6.92 Å². The van der Waals surface area contributed by atoms with E-state index in [9.17, 15) is 13.7 Å². The normalized spacial score (nSPS) is 14.3. The first kappa shape index (κ1) is 16.5. The Morgan fingerprint density at radius 3 is 2.70 bits per heavy atom. The molecule has 110 valence electrons. The van der Waals surface area contributed by atoms with Crippen molar-refractivity contribution in [2.45, 2.75) is 30.7 Å². The Labute approximate surface area is 120 Å². The average Bonchev–Trinajstić information content (AvgIpc) is 2.42. The van der Waals surface area contributed by atoms with E-state index in [0.29, 0.717) is 5.75 Å². The summed E-state index contributed by atoms with van der Waals surface area (Å²) in [7, 11) is -3.26. The molecule has 20 heavy (non-hydrogen) atoms. The highest BCUT2D eigenvalue weighted by Crippen LogP contribution is 2.18. The van der Waals surface area contributed by atoms with Gasteiger partial charge in [0.1, 0.15) is 17.9 Å². The predicted molar refractivity (Wildman–Crippen MR) is 77.4 cm³/mol.